The molecule has 0 radical (unpaired) electrons. The Morgan fingerprint density at radius 1 is 1.21 bits per heavy atom. The highest BCUT2D eigenvalue weighted by molar-refractivity contribution is 6.02. The normalized spacial score (nSPS) is 27.7. The summed E-state index contributed by atoms with van der Waals surface area (Å²) in [4.78, 5) is 44.5. The van der Waals surface area contributed by atoms with Gasteiger partial charge in [-0.3, -0.25) is 29.6 Å². The summed E-state index contributed by atoms with van der Waals surface area (Å²) < 4.78 is 4.65. The van der Waals surface area contributed by atoms with E-state index in [1.54, 1.807) is 7.05 Å². The van der Waals surface area contributed by atoms with Crippen LogP contribution in [0.2, 0.25) is 0 Å². The highest BCUT2D eigenvalue weighted by Crippen LogP contribution is 2.30. The van der Waals surface area contributed by atoms with Gasteiger partial charge in [0.1, 0.15) is 25.0 Å². The number of ether oxygens (including phenoxy) is 1. The predicted octanol–water partition coefficient (Wildman–Crippen LogP) is -0.115. The number of carbonyl (C=O) groups is 3. The molecule has 0 aliphatic carbocycles. The van der Waals surface area contributed by atoms with Gasteiger partial charge in [0.05, 0.1) is 7.11 Å². The van der Waals surface area contributed by atoms with Crippen LogP contribution < -0.4 is 5.32 Å². The lowest BCUT2D eigenvalue weighted by atomic mass is 10.1. The van der Waals surface area contributed by atoms with Crippen molar-refractivity contribution in [3.8, 4) is 0 Å². The molecule has 4 rings (SSSR count). The Labute approximate surface area is 170 Å². The summed E-state index contributed by atoms with van der Waals surface area (Å²) >= 11 is 0. The molecule has 1 aromatic carbocycles. The molecular weight excluding hydrogens is 374 g/mol. The summed E-state index contributed by atoms with van der Waals surface area (Å²) in [5, 5.41) is 3.47. The highest BCUT2D eigenvalue weighted by atomic mass is 16.5. The van der Waals surface area contributed by atoms with Crippen molar-refractivity contribution in [2.75, 3.05) is 40.3 Å². The lowest BCUT2D eigenvalue weighted by Gasteiger charge is -2.43. The first-order valence-corrected chi connectivity index (χ1v) is 9.96. The lowest BCUT2D eigenvalue weighted by Crippen LogP contribution is -2.66. The van der Waals surface area contributed by atoms with Gasteiger partial charge in [0, 0.05) is 26.7 Å². The first-order chi connectivity index (χ1) is 14.0. The fourth-order valence-corrected chi connectivity index (χ4v) is 4.48. The van der Waals surface area contributed by atoms with Crippen LogP contribution in [0, 0.1) is 0 Å². The van der Waals surface area contributed by atoms with Crippen molar-refractivity contribution in [1.29, 1.82) is 0 Å². The van der Waals surface area contributed by atoms with Gasteiger partial charge in [-0.2, -0.15) is 0 Å². The average molecular weight is 401 g/mol. The second kappa shape index (κ2) is 8.10. The number of rotatable bonds is 5. The molecule has 156 valence electrons. The minimum atomic E-state index is -0.607. The number of hydrogen-bond donors (Lipinski definition) is 1. The Bertz CT molecular complexity index is 788. The van der Waals surface area contributed by atoms with Crippen molar-refractivity contribution in [2.45, 2.75) is 31.3 Å². The topological polar surface area (TPSA) is 85.4 Å². The number of amides is 3. The van der Waals surface area contributed by atoms with Crippen LogP contribution in [-0.2, 0) is 20.7 Å². The molecule has 0 saturated carbocycles. The minimum Gasteiger partial charge on any atom is -0.468 e. The quantitative estimate of drug-likeness (QED) is 0.689. The molecule has 3 aliphatic heterocycles. The van der Waals surface area contributed by atoms with Crippen molar-refractivity contribution in [3.63, 3.8) is 0 Å². The van der Waals surface area contributed by atoms with Gasteiger partial charge < -0.3 is 9.64 Å². The third-order valence-corrected chi connectivity index (χ3v) is 6.01. The zero-order valence-electron chi connectivity index (χ0n) is 16.8. The number of benzene rings is 1. The fourth-order valence-electron chi connectivity index (χ4n) is 4.48. The van der Waals surface area contributed by atoms with Gasteiger partial charge in [-0.15, -0.1) is 0 Å². The van der Waals surface area contributed by atoms with Gasteiger partial charge in [0.2, 0.25) is 0 Å². The minimum absolute atomic E-state index is 0.111. The molecule has 9 heteroatoms. The summed E-state index contributed by atoms with van der Waals surface area (Å²) in [5.74, 6) is -0.951. The van der Waals surface area contributed by atoms with Gasteiger partial charge in [0.25, 0.3) is 5.91 Å². The van der Waals surface area contributed by atoms with Gasteiger partial charge >= 0.3 is 12.0 Å². The number of esters is 1. The zero-order chi connectivity index (χ0) is 20.5. The van der Waals surface area contributed by atoms with Crippen molar-refractivity contribution in [2.24, 2.45) is 0 Å². The number of fused-ring (bicyclic) bond motifs is 3. The summed E-state index contributed by atoms with van der Waals surface area (Å²) in [5.41, 5.74) is 1.27. The summed E-state index contributed by atoms with van der Waals surface area (Å²) in [6, 6.07) is 9.32. The van der Waals surface area contributed by atoms with Crippen LogP contribution in [0.1, 0.15) is 12.0 Å². The maximum atomic E-state index is 13.1. The molecule has 3 saturated heterocycles. The molecule has 1 N–H and O–H groups in total. The molecule has 1 aromatic rings. The SMILES string of the molecule is COC(=O)CN1C(=O)C2C(NC3N(CCc4ccccc4)CCCN23)N(C)C1=O. The second-order valence-electron chi connectivity index (χ2n) is 7.69. The van der Waals surface area contributed by atoms with E-state index in [4.69, 9.17) is 0 Å². The molecule has 3 unspecified atom stereocenters. The van der Waals surface area contributed by atoms with E-state index in [1.807, 2.05) is 18.2 Å². The molecule has 3 amide bonds. The fraction of sp³-hybridized carbons (Fsp3) is 0.550. The van der Waals surface area contributed by atoms with E-state index in [2.05, 4.69) is 32.0 Å². The molecule has 29 heavy (non-hydrogen) atoms. The largest absolute Gasteiger partial charge is 0.468 e. The first-order valence-electron chi connectivity index (χ1n) is 9.96. The maximum absolute atomic E-state index is 13.1. The van der Waals surface area contributed by atoms with E-state index in [9.17, 15) is 14.4 Å². The van der Waals surface area contributed by atoms with Crippen molar-refractivity contribution in [3.05, 3.63) is 35.9 Å². The number of nitrogens with one attached hydrogen (secondary N) is 1. The van der Waals surface area contributed by atoms with Gasteiger partial charge in [-0.1, -0.05) is 30.3 Å². The predicted molar refractivity (Wildman–Crippen MR) is 104 cm³/mol. The molecule has 0 bridgehead atoms. The number of carbonyl (C=O) groups excluding carboxylic acids is 3. The molecule has 9 nitrogen and oxygen atoms in total. The summed E-state index contributed by atoms with van der Waals surface area (Å²) in [7, 11) is 2.91. The number of hydrogen-bond acceptors (Lipinski definition) is 7. The van der Waals surface area contributed by atoms with E-state index in [1.165, 1.54) is 17.6 Å². The van der Waals surface area contributed by atoms with Crippen LogP contribution in [0.4, 0.5) is 4.79 Å². The van der Waals surface area contributed by atoms with Crippen LogP contribution in [0.15, 0.2) is 30.3 Å². The Hall–Kier alpha value is -2.49. The Morgan fingerprint density at radius 3 is 2.69 bits per heavy atom. The molecule has 0 spiro atoms. The molecule has 3 heterocycles. The Kier molecular flexibility index (Phi) is 5.53. The Balaban J connectivity index is 1.51. The third-order valence-electron chi connectivity index (χ3n) is 6.01. The van der Waals surface area contributed by atoms with Gasteiger partial charge in [-0.05, 0) is 18.4 Å². The van der Waals surface area contributed by atoms with E-state index in [0.717, 1.165) is 37.4 Å². The Morgan fingerprint density at radius 2 is 1.97 bits per heavy atom. The first kappa shape index (κ1) is 19.8. The van der Waals surface area contributed by atoms with Crippen LogP contribution >= 0.6 is 0 Å². The van der Waals surface area contributed by atoms with E-state index in [0.29, 0.717) is 0 Å². The average Bonchev–Trinajstić information content (AvgIpc) is 3.14. The zero-order valence-corrected chi connectivity index (χ0v) is 16.8. The maximum Gasteiger partial charge on any atom is 0.328 e. The van der Waals surface area contributed by atoms with Crippen LogP contribution in [0.5, 0.6) is 0 Å². The van der Waals surface area contributed by atoms with Crippen molar-refractivity contribution >= 4 is 17.9 Å². The molecule has 3 fully saturated rings. The van der Waals surface area contributed by atoms with Crippen molar-refractivity contribution < 1.29 is 19.1 Å². The molecule has 3 aliphatic rings. The summed E-state index contributed by atoms with van der Waals surface area (Å²) in [6.45, 7) is 2.19. The van der Waals surface area contributed by atoms with Crippen molar-refractivity contribution in [1.82, 2.24) is 24.9 Å². The van der Waals surface area contributed by atoms with E-state index < -0.39 is 24.2 Å². The number of nitrogens with zero attached hydrogens (tertiary/aromatic N) is 4. The number of methoxy groups -OCH3 is 1. The standard InChI is InChI=1S/C20H27N5O4/c1-22-17-16(18(27)25(20(22)28)13-15(26)29-2)24-11-6-10-23(19(24)21-17)12-9-14-7-4-3-5-8-14/h3-5,7-8,16-17,19,21H,6,9-13H2,1-2H3. The second-order valence-corrected chi connectivity index (χ2v) is 7.69. The number of imide groups is 1. The monoisotopic (exact) mass is 401 g/mol. The van der Waals surface area contributed by atoms with Crippen LogP contribution in [-0.4, -0.2) is 96.3 Å². The lowest BCUT2D eigenvalue weighted by molar-refractivity contribution is -0.150. The summed E-state index contributed by atoms with van der Waals surface area (Å²) in [6.07, 6.45) is 1.34. The number of likely N-dealkylation sites (N-methyl/N-ethyl adjacent to an activating group) is 1. The third kappa shape index (κ3) is 3.61. The van der Waals surface area contributed by atoms with Crippen LogP contribution in [0.25, 0.3) is 0 Å². The van der Waals surface area contributed by atoms with E-state index >= 15 is 0 Å². The molecular formula is C20H27N5O4. The molecule has 0 aromatic heterocycles. The molecule has 3 atom stereocenters. The highest BCUT2D eigenvalue weighted by Gasteiger charge is 2.56. The van der Waals surface area contributed by atoms with Crippen LogP contribution in [0.3, 0.4) is 0 Å². The number of urea groups is 1. The van der Waals surface area contributed by atoms with Gasteiger partial charge in [-0.25, -0.2) is 4.79 Å². The van der Waals surface area contributed by atoms with E-state index in [-0.39, 0.29) is 18.7 Å². The smallest absolute Gasteiger partial charge is 0.328 e. The van der Waals surface area contributed by atoms with Gasteiger partial charge in [0.15, 0.2) is 0 Å².